The summed E-state index contributed by atoms with van der Waals surface area (Å²) in [6.45, 7) is 2.52. The SMILES string of the molecule is CNCC1CCCN(C(=O)c2ccc3c(c2)OCC(=O)N3)C1. The molecular weight excluding hydrogens is 282 g/mol. The van der Waals surface area contributed by atoms with Crippen molar-refractivity contribution in [3.63, 3.8) is 0 Å². The summed E-state index contributed by atoms with van der Waals surface area (Å²) < 4.78 is 5.38. The van der Waals surface area contributed by atoms with Crippen molar-refractivity contribution in [2.45, 2.75) is 12.8 Å². The standard InChI is InChI=1S/C16H21N3O3/c1-17-8-11-3-2-6-19(9-11)16(21)12-4-5-13-14(7-12)22-10-15(20)18-13/h4-5,7,11,17H,2-3,6,8-10H2,1H3,(H,18,20). The number of carbonyl (C=O) groups is 2. The van der Waals surface area contributed by atoms with E-state index < -0.39 is 0 Å². The average molecular weight is 303 g/mol. The zero-order chi connectivity index (χ0) is 15.5. The number of hydrogen-bond acceptors (Lipinski definition) is 4. The number of anilines is 1. The van der Waals surface area contributed by atoms with Crippen LogP contribution in [-0.4, -0.2) is 50.0 Å². The van der Waals surface area contributed by atoms with Crippen molar-refractivity contribution in [2.24, 2.45) is 5.92 Å². The van der Waals surface area contributed by atoms with Crippen LogP contribution in [-0.2, 0) is 4.79 Å². The van der Waals surface area contributed by atoms with Crippen LogP contribution in [0, 0.1) is 5.92 Å². The predicted octanol–water partition coefficient (Wildman–Crippen LogP) is 1.09. The molecule has 1 fully saturated rings. The normalized spacial score (nSPS) is 20.9. The van der Waals surface area contributed by atoms with E-state index in [0.29, 0.717) is 22.9 Å². The van der Waals surface area contributed by atoms with E-state index in [1.54, 1.807) is 18.2 Å². The number of piperidine rings is 1. The lowest BCUT2D eigenvalue weighted by Crippen LogP contribution is -2.42. The second-order valence-electron chi connectivity index (χ2n) is 5.86. The molecule has 0 aromatic heterocycles. The number of fused-ring (bicyclic) bond motifs is 1. The quantitative estimate of drug-likeness (QED) is 0.877. The van der Waals surface area contributed by atoms with Gasteiger partial charge in [-0.1, -0.05) is 0 Å². The minimum atomic E-state index is -0.169. The molecule has 1 saturated heterocycles. The fraction of sp³-hybridized carbons (Fsp3) is 0.500. The molecule has 22 heavy (non-hydrogen) atoms. The molecule has 1 aromatic carbocycles. The molecule has 0 spiro atoms. The summed E-state index contributed by atoms with van der Waals surface area (Å²) in [5.74, 6) is 0.937. The van der Waals surface area contributed by atoms with E-state index >= 15 is 0 Å². The van der Waals surface area contributed by atoms with Crippen molar-refractivity contribution in [3.8, 4) is 5.75 Å². The Balaban J connectivity index is 1.73. The number of benzene rings is 1. The summed E-state index contributed by atoms with van der Waals surface area (Å²) in [5, 5.41) is 5.92. The van der Waals surface area contributed by atoms with Gasteiger partial charge in [-0.05, 0) is 50.6 Å². The molecule has 6 heteroatoms. The second-order valence-corrected chi connectivity index (χ2v) is 5.86. The van der Waals surface area contributed by atoms with Gasteiger partial charge in [-0.15, -0.1) is 0 Å². The zero-order valence-electron chi connectivity index (χ0n) is 12.7. The highest BCUT2D eigenvalue weighted by atomic mass is 16.5. The lowest BCUT2D eigenvalue weighted by molar-refractivity contribution is -0.118. The highest BCUT2D eigenvalue weighted by Crippen LogP contribution is 2.29. The first-order valence-corrected chi connectivity index (χ1v) is 7.68. The third-order valence-corrected chi connectivity index (χ3v) is 4.16. The molecule has 1 unspecified atom stereocenters. The molecule has 0 saturated carbocycles. The number of likely N-dealkylation sites (tertiary alicyclic amines) is 1. The van der Waals surface area contributed by atoms with Gasteiger partial charge in [-0.3, -0.25) is 9.59 Å². The van der Waals surface area contributed by atoms with Gasteiger partial charge >= 0.3 is 0 Å². The summed E-state index contributed by atoms with van der Waals surface area (Å²) in [4.78, 5) is 25.8. The molecular formula is C16H21N3O3. The van der Waals surface area contributed by atoms with Crippen molar-refractivity contribution in [1.82, 2.24) is 10.2 Å². The molecule has 1 aromatic rings. The Labute approximate surface area is 129 Å². The van der Waals surface area contributed by atoms with Gasteiger partial charge in [0.2, 0.25) is 0 Å². The first kappa shape index (κ1) is 14.8. The molecule has 2 N–H and O–H groups in total. The Kier molecular flexibility index (Phi) is 4.29. The highest BCUT2D eigenvalue weighted by molar-refractivity contribution is 5.99. The molecule has 0 radical (unpaired) electrons. The summed E-state index contributed by atoms with van der Waals surface area (Å²) in [5.41, 5.74) is 1.24. The highest BCUT2D eigenvalue weighted by Gasteiger charge is 2.25. The number of hydrogen-bond donors (Lipinski definition) is 2. The smallest absolute Gasteiger partial charge is 0.262 e. The number of rotatable bonds is 3. The summed E-state index contributed by atoms with van der Waals surface area (Å²) in [6.07, 6.45) is 2.19. The van der Waals surface area contributed by atoms with E-state index in [1.807, 2.05) is 11.9 Å². The summed E-state index contributed by atoms with van der Waals surface area (Å²) in [7, 11) is 1.94. The molecule has 2 aliphatic rings. The first-order valence-electron chi connectivity index (χ1n) is 7.68. The van der Waals surface area contributed by atoms with E-state index in [-0.39, 0.29) is 18.4 Å². The van der Waals surface area contributed by atoms with Crippen LogP contribution < -0.4 is 15.4 Å². The molecule has 6 nitrogen and oxygen atoms in total. The minimum Gasteiger partial charge on any atom is -0.482 e. The fourth-order valence-electron chi connectivity index (χ4n) is 3.10. The molecule has 0 aliphatic carbocycles. The molecule has 0 bridgehead atoms. The third-order valence-electron chi connectivity index (χ3n) is 4.16. The molecule has 1 atom stereocenters. The molecule has 118 valence electrons. The van der Waals surface area contributed by atoms with E-state index in [9.17, 15) is 9.59 Å². The van der Waals surface area contributed by atoms with Crippen molar-refractivity contribution < 1.29 is 14.3 Å². The summed E-state index contributed by atoms with van der Waals surface area (Å²) in [6, 6.07) is 5.20. The van der Waals surface area contributed by atoms with Crippen LogP contribution in [0.25, 0.3) is 0 Å². The Morgan fingerprint density at radius 3 is 3.18 bits per heavy atom. The monoisotopic (exact) mass is 303 g/mol. The van der Waals surface area contributed by atoms with Crippen LogP contribution in [0.5, 0.6) is 5.75 Å². The van der Waals surface area contributed by atoms with Gasteiger partial charge in [0.25, 0.3) is 11.8 Å². The Morgan fingerprint density at radius 1 is 1.50 bits per heavy atom. The van der Waals surface area contributed by atoms with Crippen LogP contribution in [0.1, 0.15) is 23.2 Å². The van der Waals surface area contributed by atoms with E-state index in [2.05, 4.69) is 10.6 Å². The molecule has 2 amide bonds. The minimum absolute atomic E-state index is 0.00139. The molecule has 2 heterocycles. The van der Waals surface area contributed by atoms with Gasteiger partial charge in [0.15, 0.2) is 6.61 Å². The lowest BCUT2D eigenvalue weighted by atomic mass is 9.97. The fourth-order valence-corrected chi connectivity index (χ4v) is 3.10. The van der Waals surface area contributed by atoms with Gasteiger partial charge in [-0.2, -0.15) is 0 Å². The number of nitrogens with one attached hydrogen (secondary N) is 2. The zero-order valence-corrected chi connectivity index (χ0v) is 12.7. The van der Waals surface area contributed by atoms with Crippen molar-refractivity contribution in [3.05, 3.63) is 23.8 Å². The van der Waals surface area contributed by atoms with Crippen LogP contribution in [0.15, 0.2) is 18.2 Å². The largest absolute Gasteiger partial charge is 0.482 e. The summed E-state index contributed by atoms with van der Waals surface area (Å²) >= 11 is 0. The number of nitrogens with zero attached hydrogens (tertiary/aromatic N) is 1. The number of ether oxygens (including phenoxy) is 1. The van der Waals surface area contributed by atoms with Crippen molar-refractivity contribution >= 4 is 17.5 Å². The lowest BCUT2D eigenvalue weighted by Gasteiger charge is -2.33. The van der Waals surface area contributed by atoms with E-state index in [0.717, 1.165) is 32.5 Å². The van der Waals surface area contributed by atoms with Crippen LogP contribution in [0.4, 0.5) is 5.69 Å². The van der Waals surface area contributed by atoms with E-state index in [4.69, 9.17) is 4.74 Å². The van der Waals surface area contributed by atoms with Gasteiger partial charge in [-0.25, -0.2) is 0 Å². The number of amides is 2. The van der Waals surface area contributed by atoms with Gasteiger partial charge < -0.3 is 20.3 Å². The van der Waals surface area contributed by atoms with Gasteiger partial charge in [0, 0.05) is 18.7 Å². The van der Waals surface area contributed by atoms with Crippen molar-refractivity contribution in [1.29, 1.82) is 0 Å². The first-order chi connectivity index (χ1) is 10.7. The number of carbonyl (C=O) groups excluding carboxylic acids is 2. The second kappa shape index (κ2) is 6.36. The molecule has 2 aliphatic heterocycles. The molecule has 3 rings (SSSR count). The third kappa shape index (κ3) is 3.06. The maximum Gasteiger partial charge on any atom is 0.262 e. The Hall–Kier alpha value is -2.08. The van der Waals surface area contributed by atoms with Gasteiger partial charge in [0.05, 0.1) is 5.69 Å². The van der Waals surface area contributed by atoms with E-state index in [1.165, 1.54) is 0 Å². The van der Waals surface area contributed by atoms with Crippen LogP contribution >= 0.6 is 0 Å². The topological polar surface area (TPSA) is 70.7 Å². The Morgan fingerprint density at radius 2 is 2.36 bits per heavy atom. The Bertz CT molecular complexity index is 586. The van der Waals surface area contributed by atoms with Crippen LogP contribution in [0.3, 0.4) is 0 Å². The van der Waals surface area contributed by atoms with Gasteiger partial charge in [0.1, 0.15) is 5.75 Å². The average Bonchev–Trinajstić information content (AvgIpc) is 2.54. The predicted molar refractivity (Wildman–Crippen MR) is 83.1 cm³/mol. The maximum atomic E-state index is 12.7. The van der Waals surface area contributed by atoms with Crippen LogP contribution in [0.2, 0.25) is 0 Å². The maximum absolute atomic E-state index is 12.7. The van der Waals surface area contributed by atoms with Crippen molar-refractivity contribution in [2.75, 3.05) is 38.6 Å².